The van der Waals surface area contributed by atoms with Crippen molar-refractivity contribution in [3.8, 4) is 17.2 Å². The predicted molar refractivity (Wildman–Crippen MR) is 70.4 cm³/mol. The largest absolute Gasteiger partial charge is 0.425 e. The molecular weight excluding hydrogens is 311 g/mol. The average Bonchev–Trinajstić information content (AvgIpc) is 2.29. The van der Waals surface area contributed by atoms with Gasteiger partial charge in [-0.3, -0.25) is 14.4 Å². The number of esters is 3. The molecule has 20 heavy (non-hydrogen) atoms. The standard InChI is InChI=1S/C12H10Cl2O6/c1-5(15)18-8-4-9(19-6(2)16)12(20-7(3)17)11(14)10(8)13/h4H,1-3H3. The highest BCUT2D eigenvalue weighted by Crippen LogP contribution is 2.46. The molecule has 0 atom stereocenters. The maximum absolute atomic E-state index is 11.0. The summed E-state index contributed by atoms with van der Waals surface area (Å²) in [5.41, 5.74) is 0. The van der Waals surface area contributed by atoms with Crippen LogP contribution in [-0.4, -0.2) is 17.9 Å². The summed E-state index contributed by atoms with van der Waals surface area (Å²) in [6.45, 7) is 3.45. The van der Waals surface area contributed by atoms with Crippen LogP contribution in [0.15, 0.2) is 6.07 Å². The van der Waals surface area contributed by atoms with Gasteiger partial charge in [-0.05, 0) is 0 Å². The number of benzene rings is 1. The van der Waals surface area contributed by atoms with Crippen molar-refractivity contribution < 1.29 is 28.6 Å². The Morgan fingerprint density at radius 3 is 1.70 bits per heavy atom. The molecule has 0 bridgehead atoms. The molecule has 0 N–H and O–H groups in total. The van der Waals surface area contributed by atoms with Crippen LogP contribution in [0.1, 0.15) is 20.8 Å². The van der Waals surface area contributed by atoms with Crippen molar-refractivity contribution in [3.05, 3.63) is 16.1 Å². The molecule has 0 radical (unpaired) electrons. The zero-order chi connectivity index (χ0) is 15.4. The lowest BCUT2D eigenvalue weighted by molar-refractivity contribution is -0.134. The fraction of sp³-hybridized carbons (Fsp3) is 0.250. The second kappa shape index (κ2) is 6.58. The molecule has 0 saturated heterocycles. The molecule has 0 amide bonds. The summed E-state index contributed by atoms with van der Waals surface area (Å²) in [6.07, 6.45) is 0. The average molecular weight is 321 g/mol. The maximum Gasteiger partial charge on any atom is 0.308 e. The molecule has 0 aliphatic rings. The normalized spacial score (nSPS) is 9.85. The van der Waals surface area contributed by atoms with E-state index in [-0.39, 0.29) is 27.3 Å². The van der Waals surface area contributed by atoms with Gasteiger partial charge in [-0.1, -0.05) is 23.2 Å². The monoisotopic (exact) mass is 320 g/mol. The second-order valence-corrected chi connectivity index (χ2v) is 4.37. The Bertz CT molecular complexity index is 582. The minimum absolute atomic E-state index is 0.115. The molecule has 0 heterocycles. The molecule has 108 valence electrons. The van der Waals surface area contributed by atoms with Crippen molar-refractivity contribution in [2.75, 3.05) is 0 Å². The van der Waals surface area contributed by atoms with E-state index in [9.17, 15) is 14.4 Å². The van der Waals surface area contributed by atoms with Gasteiger partial charge in [0.1, 0.15) is 10.0 Å². The fourth-order valence-corrected chi connectivity index (χ4v) is 1.67. The van der Waals surface area contributed by atoms with E-state index in [4.69, 9.17) is 37.4 Å². The topological polar surface area (TPSA) is 78.9 Å². The van der Waals surface area contributed by atoms with Gasteiger partial charge in [0.2, 0.25) is 0 Å². The molecule has 0 unspecified atom stereocenters. The molecule has 0 aromatic heterocycles. The molecule has 6 nitrogen and oxygen atoms in total. The Morgan fingerprint density at radius 2 is 1.25 bits per heavy atom. The Morgan fingerprint density at radius 1 is 0.800 bits per heavy atom. The predicted octanol–water partition coefficient (Wildman–Crippen LogP) is 2.77. The summed E-state index contributed by atoms with van der Waals surface area (Å²) in [4.78, 5) is 33.0. The highest BCUT2D eigenvalue weighted by atomic mass is 35.5. The van der Waals surface area contributed by atoms with Crippen molar-refractivity contribution in [2.45, 2.75) is 20.8 Å². The van der Waals surface area contributed by atoms with Gasteiger partial charge in [-0.25, -0.2) is 0 Å². The number of hydrogen-bond donors (Lipinski definition) is 0. The number of carbonyl (C=O) groups excluding carboxylic acids is 3. The van der Waals surface area contributed by atoms with Crippen molar-refractivity contribution >= 4 is 41.1 Å². The lowest BCUT2D eigenvalue weighted by Gasteiger charge is -2.14. The van der Waals surface area contributed by atoms with E-state index >= 15 is 0 Å². The highest BCUT2D eigenvalue weighted by Gasteiger charge is 2.22. The highest BCUT2D eigenvalue weighted by molar-refractivity contribution is 6.44. The summed E-state index contributed by atoms with van der Waals surface area (Å²) >= 11 is 11.8. The first-order valence-corrected chi connectivity index (χ1v) is 6.05. The minimum atomic E-state index is -0.684. The molecule has 0 fully saturated rings. The number of halogens is 2. The van der Waals surface area contributed by atoms with Gasteiger partial charge >= 0.3 is 17.9 Å². The van der Waals surface area contributed by atoms with Crippen molar-refractivity contribution in [2.24, 2.45) is 0 Å². The Hall–Kier alpha value is -1.79. The van der Waals surface area contributed by atoms with Gasteiger partial charge in [0.05, 0.1) is 0 Å². The van der Waals surface area contributed by atoms with E-state index in [1.165, 1.54) is 0 Å². The summed E-state index contributed by atoms with van der Waals surface area (Å²) in [5, 5.41) is -0.356. The van der Waals surface area contributed by atoms with Crippen molar-refractivity contribution in [3.63, 3.8) is 0 Å². The lowest BCUT2D eigenvalue weighted by atomic mass is 10.3. The molecule has 8 heteroatoms. The summed E-state index contributed by atoms with van der Waals surface area (Å²) < 4.78 is 14.5. The van der Waals surface area contributed by atoms with E-state index < -0.39 is 17.9 Å². The second-order valence-electron chi connectivity index (χ2n) is 3.61. The third kappa shape index (κ3) is 4.11. The summed E-state index contributed by atoms with van der Waals surface area (Å²) in [7, 11) is 0. The minimum Gasteiger partial charge on any atom is -0.425 e. The Kier molecular flexibility index (Phi) is 5.35. The van der Waals surface area contributed by atoms with Gasteiger partial charge in [0, 0.05) is 26.8 Å². The van der Waals surface area contributed by atoms with Crippen LogP contribution in [0.5, 0.6) is 17.2 Å². The van der Waals surface area contributed by atoms with Gasteiger partial charge in [0.15, 0.2) is 17.2 Å². The fourth-order valence-electron chi connectivity index (χ4n) is 1.26. The first-order valence-electron chi connectivity index (χ1n) is 5.29. The SMILES string of the molecule is CC(=O)Oc1cc(OC(C)=O)c(OC(C)=O)c(Cl)c1Cl. The van der Waals surface area contributed by atoms with Crippen LogP contribution in [-0.2, 0) is 14.4 Å². The van der Waals surface area contributed by atoms with Gasteiger partial charge in [-0.2, -0.15) is 0 Å². The molecule has 0 aliphatic heterocycles. The zero-order valence-corrected chi connectivity index (χ0v) is 12.3. The van der Waals surface area contributed by atoms with Gasteiger partial charge in [0.25, 0.3) is 0 Å². The molecule has 1 aromatic rings. The van der Waals surface area contributed by atoms with Crippen LogP contribution in [0.25, 0.3) is 0 Å². The number of ether oxygens (including phenoxy) is 3. The van der Waals surface area contributed by atoms with E-state index in [2.05, 4.69) is 0 Å². The van der Waals surface area contributed by atoms with E-state index in [1.807, 2.05) is 0 Å². The molecule has 0 aliphatic carbocycles. The van der Waals surface area contributed by atoms with Crippen LogP contribution in [0.4, 0.5) is 0 Å². The van der Waals surface area contributed by atoms with E-state index in [1.54, 1.807) is 0 Å². The van der Waals surface area contributed by atoms with Crippen LogP contribution >= 0.6 is 23.2 Å². The number of carbonyl (C=O) groups is 3. The number of rotatable bonds is 3. The first-order chi connectivity index (χ1) is 9.22. The van der Waals surface area contributed by atoms with Crippen molar-refractivity contribution in [1.29, 1.82) is 0 Å². The molecule has 0 saturated carbocycles. The first kappa shape index (κ1) is 16.3. The Labute approximate surface area is 124 Å². The molecule has 1 rings (SSSR count). The van der Waals surface area contributed by atoms with Crippen LogP contribution < -0.4 is 14.2 Å². The van der Waals surface area contributed by atoms with Crippen LogP contribution in [0.2, 0.25) is 10.0 Å². The quantitative estimate of drug-likeness (QED) is 0.629. The lowest BCUT2D eigenvalue weighted by Crippen LogP contribution is -2.09. The molecular formula is C12H10Cl2O6. The Balaban J connectivity index is 3.41. The summed E-state index contributed by atoms with van der Waals surface area (Å²) in [6, 6.07) is 1.13. The third-order valence-electron chi connectivity index (χ3n) is 1.85. The molecule has 1 aromatic carbocycles. The van der Waals surface area contributed by atoms with Crippen LogP contribution in [0, 0.1) is 0 Å². The van der Waals surface area contributed by atoms with E-state index in [0.717, 1.165) is 26.8 Å². The van der Waals surface area contributed by atoms with Crippen LogP contribution in [0.3, 0.4) is 0 Å². The molecule has 0 spiro atoms. The van der Waals surface area contributed by atoms with Crippen molar-refractivity contribution in [1.82, 2.24) is 0 Å². The van der Waals surface area contributed by atoms with E-state index in [0.29, 0.717) is 0 Å². The summed E-state index contributed by atoms with van der Waals surface area (Å²) in [5.74, 6) is -2.52. The third-order valence-corrected chi connectivity index (χ3v) is 2.68. The smallest absolute Gasteiger partial charge is 0.308 e. The van der Waals surface area contributed by atoms with Gasteiger partial charge < -0.3 is 14.2 Å². The zero-order valence-electron chi connectivity index (χ0n) is 10.8. The number of hydrogen-bond acceptors (Lipinski definition) is 6. The maximum atomic E-state index is 11.0. The van der Waals surface area contributed by atoms with Gasteiger partial charge in [-0.15, -0.1) is 0 Å².